The van der Waals surface area contributed by atoms with Crippen LogP contribution < -0.4 is 5.32 Å². The van der Waals surface area contributed by atoms with Crippen LogP contribution in [0.4, 0.5) is 0 Å². The predicted molar refractivity (Wildman–Crippen MR) is 51.7 cm³/mol. The van der Waals surface area contributed by atoms with Gasteiger partial charge >= 0.3 is 0 Å². The van der Waals surface area contributed by atoms with Gasteiger partial charge in [-0.15, -0.1) is 0 Å². The van der Waals surface area contributed by atoms with E-state index in [-0.39, 0.29) is 0 Å². The molecule has 11 heavy (non-hydrogen) atoms. The summed E-state index contributed by atoms with van der Waals surface area (Å²) in [5.74, 6) is 0. The lowest BCUT2D eigenvalue weighted by Gasteiger charge is -2.19. The van der Waals surface area contributed by atoms with Crippen LogP contribution in [-0.4, -0.2) is 29.6 Å². The summed E-state index contributed by atoms with van der Waals surface area (Å²) in [5.41, 5.74) is 0. The summed E-state index contributed by atoms with van der Waals surface area (Å²) in [6.07, 6.45) is 3.76. The lowest BCUT2D eigenvalue weighted by molar-refractivity contribution is 0.484. The normalized spacial score (nSPS) is 16.2. The van der Waals surface area contributed by atoms with Gasteiger partial charge in [-0.05, 0) is 31.5 Å². The lowest BCUT2D eigenvalue weighted by Crippen LogP contribution is -2.38. The van der Waals surface area contributed by atoms with Crippen molar-refractivity contribution in [2.75, 3.05) is 13.6 Å². The molecule has 1 aliphatic carbocycles. The van der Waals surface area contributed by atoms with Gasteiger partial charge in [0.25, 0.3) is 0 Å². The molecule has 0 saturated heterocycles. The molecule has 0 unspecified atom stereocenters. The first-order valence-corrected chi connectivity index (χ1v) is 4.67. The van der Waals surface area contributed by atoms with Crippen molar-refractivity contribution in [3.63, 3.8) is 0 Å². The van der Waals surface area contributed by atoms with Gasteiger partial charge in [-0.25, -0.2) is 0 Å². The lowest BCUT2D eigenvalue weighted by atomic mass is 10.5. The molecule has 0 atom stereocenters. The van der Waals surface area contributed by atoms with Crippen molar-refractivity contribution in [3.8, 4) is 0 Å². The van der Waals surface area contributed by atoms with Crippen molar-refractivity contribution in [2.45, 2.75) is 32.2 Å². The molecule has 1 N–H and O–H groups in total. The second kappa shape index (κ2) is 3.90. The van der Waals surface area contributed by atoms with E-state index in [0.29, 0.717) is 0 Å². The minimum atomic E-state index is 0.729. The monoisotopic (exact) mass is 172 g/mol. The highest BCUT2D eigenvalue weighted by Crippen LogP contribution is 2.25. The van der Waals surface area contributed by atoms with Crippen molar-refractivity contribution in [2.24, 2.45) is 0 Å². The largest absolute Gasteiger partial charge is 0.363 e. The molecule has 3 heteroatoms. The smallest absolute Gasteiger partial charge is 0.168 e. The molecule has 0 radical (unpaired) electrons. The molecule has 0 aromatic rings. The van der Waals surface area contributed by atoms with Crippen molar-refractivity contribution in [1.29, 1.82) is 0 Å². The van der Waals surface area contributed by atoms with E-state index in [0.717, 1.165) is 24.1 Å². The molecule has 0 heterocycles. The van der Waals surface area contributed by atoms with Crippen LogP contribution in [0, 0.1) is 0 Å². The molecule has 1 rings (SSSR count). The van der Waals surface area contributed by atoms with E-state index in [1.54, 1.807) is 0 Å². The van der Waals surface area contributed by atoms with Gasteiger partial charge in [-0.2, -0.15) is 0 Å². The van der Waals surface area contributed by atoms with Crippen molar-refractivity contribution in [1.82, 2.24) is 10.2 Å². The molecule has 0 spiro atoms. The van der Waals surface area contributed by atoms with E-state index < -0.39 is 0 Å². The molecule has 2 nitrogen and oxygen atoms in total. The highest BCUT2D eigenvalue weighted by Gasteiger charge is 2.27. The Hall–Kier alpha value is -0.310. The van der Waals surface area contributed by atoms with Gasteiger partial charge in [0.15, 0.2) is 5.11 Å². The second-order valence-corrected chi connectivity index (χ2v) is 3.46. The quantitative estimate of drug-likeness (QED) is 0.647. The number of thiocarbonyl (C=S) groups is 1. The van der Waals surface area contributed by atoms with E-state index in [1.807, 2.05) is 0 Å². The molecule has 0 bridgehead atoms. The standard InChI is InChI=1S/C8H16N2S/c1-3-6-9-8(11)10(2)7-4-5-7/h7H,3-6H2,1-2H3,(H,9,11). The fraction of sp³-hybridized carbons (Fsp3) is 0.875. The summed E-state index contributed by atoms with van der Waals surface area (Å²) in [6, 6.07) is 0.729. The summed E-state index contributed by atoms with van der Waals surface area (Å²) < 4.78 is 0. The topological polar surface area (TPSA) is 15.3 Å². The molecule has 0 aliphatic heterocycles. The van der Waals surface area contributed by atoms with Crippen LogP contribution in [0.5, 0.6) is 0 Å². The number of hydrogen-bond donors (Lipinski definition) is 1. The Morgan fingerprint density at radius 1 is 1.64 bits per heavy atom. The Morgan fingerprint density at radius 3 is 2.73 bits per heavy atom. The van der Waals surface area contributed by atoms with Gasteiger partial charge in [-0.3, -0.25) is 0 Å². The van der Waals surface area contributed by atoms with E-state index in [9.17, 15) is 0 Å². The fourth-order valence-electron chi connectivity index (χ4n) is 0.984. The van der Waals surface area contributed by atoms with Crippen molar-refractivity contribution >= 4 is 17.3 Å². The van der Waals surface area contributed by atoms with Gasteiger partial charge in [0, 0.05) is 19.6 Å². The highest BCUT2D eigenvalue weighted by atomic mass is 32.1. The number of rotatable bonds is 3. The molecule has 1 fully saturated rings. The second-order valence-electron chi connectivity index (χ2n) is 3.07. The first kappa shape index (κ1) is 8.78. The molecular weight excluding hydrogens is 156 g/mol. The third kappa shape index (κ3) is 2.66. The van der Waals surface area contributed by atoms with Gasteiger partial charge < -0.3 is 10.2 Å². The third-order valence-electron chi connectivity index (χ3n) is 1.94. The van der Waals surface area contributed by atoms with Gasteiger partial charge in [0.1, 0.15) is 0 Å². The predicted octanol–water partition coefficient (Wildman–Crippen LogP) is 1.37. The van der Waals surface area contributed by atoms with Gasteiger partial charge in [-0.1, -0.05) is 6.92 Å². The Morgan fingerprint density at radius 2 is 2.27 bits per heavy atom. The zero-order chi connectivity index (χ0) is 8.27. The SMILES string of the molecule is CCCNC(=S)N(C)C1CC1. The Bertz CT molecular complexity index is 143. The fourth-order valence-corrected chi connectivity index (χ4v) is 1.24. The van der Waals surface area contributed by atoms with Crippen molar-refractivity contribution in [3.05, 3.63) is 0 Å². The molecule has 64 valence electrons. The van der Waals surface area contributed by atoms with E-state index in [2.05, 4.69) is 24.2 Å². The zero-order valence-electron chi connectivity index (χ0n) is 7.26. The molecular formula is C8H16N2S. The summed E-state index contributed by atoms with van der Waals surface area (Å²) in [4.78, 5) is 2.17. The van der Waals surface area contributed by atoms with Crippen LogP contribution in [0.3, 0.4) is 0 Å². The Kier molecular flexibility index (Phi) is 3.12. The van der Waals surface area contributed by atoms with Crippen LogP contribution >= 0.6 is 12.2 Å². The van der Waals surface area contributed by atoms with Crippen molar-refractivity contribution < 1.29 is 0 Å². The van der Waals surface area contributed by atoms with E-state index >= 15 is 0 Å². The van der Waals surface area contributed by atoms with Crippen LogP contribution in [0.25, 0.3) is 0 Å². The molecule has 0 aromatic carbocycles. The van der Waals surface area contributed by atoms with E-state index in [4.69, 9.17) is 12.2 Å². The third-order valence-corrected chi connectivity index (χ3v) is 2.37. The summed E-state index contributed by atoms with van der Waals surface area (Å²) in [7, 11) is 2.07. The van der Waals surface area contributed by atoms with Crippen LogP contribution in [0.1, 0.15) is 26.2 Å². The molecule has 0 amide bonds. The Labute approximate surface area is 74.0 Å². The van der Waals surface area contributed by atoms with E-state index in [1.165, 1.54) is 12.8 Å². The molecule has 1 saturated carbocycles. The van der Waals surface area contributed by atoms with Gasteiger partial charge in [0.2, 0.25) is 0 Å². The van der Waals surface area contributed by atoms with Crippen LogP contribution in [0.2, 0.25) is 0 Å². The highest BCUT2D eigenvalue weighted by molar-refractivity contribution is 7.80. The molecule has 1 aliphatic rings. The average molecular weight is 172 g/mol. The first-order chi connectivity index (χ1) is 5.25. The minimum absolute atomic E-state index is 0.729. The summed E-state index contributed by atoms with van der Waals surface area (Å²) in [5, 5.41) is 4.12. The Balaban J connectivity index is 2.16. The first-order valence-electron chi connectivity index (χ1n) is 4.26. The number of hydrogen-bond acceptors (Lipinski definition) is 1. The maximum atomic E-state index is 5.17. The zero-order valence-corrected chi connectivity index (χ0v) is 8.08. The van der Waals surface area contributed by atoms with Gasteiger partial charge in [0.05, 0.1) is 0 Å². The number of nitrogens with one attached hydrogen (secondary N) is 1. The minimum Gasteiger partial charge on any atom is -0.363 e. The average Bonchev–Trinajstić information content (AvgIpc) is 2.81. The maximum Gasteiger partial charge on any atom is 0.168 e. The summed E-state index contributed by atoms with van der Waals surface area (Å²) >= 11 is 5.17. The molecule has 0 aromatic heterocycles. The van der Waals surface area contributed by atoms with Crippen LogP contribution in [0.15, 0.2) is 0 Å². The number of nitrogens with zero attached hydrogens (tertiary/aromatic N) is 1. The van der Waals surface area contributed by atoms with Crippen LogP contribution in [-0.2, 0) is 0 Å². The summed E-state index contributed by atoms with van der Waals surface area (Å²) in [6.45, 7) is 3.14. The maximum absolute atomic E-state index is 5.17.